The molecule has 0 aliphatic heterocycles. The van der Waals surface area contributed by atoms with Gasteiger partial charge in [0.25, 0.3) is 5.91 Å². The number of hydrazone groups is 1. The van der Waals surface area contributed by atoms with Gasteiger partial charge in [-0.25, -0.2) is 5.43 Å². The van der Waals surface area contributed by atoms with E-state index in [0.717, 1.165) is 18.6 Å². The van der Waals surface area contributed by atoms with Crippen LogP contribution in [0.15, 0.2) is 29.4 Å². The molecule has 1 aromatic carbocycles. The van der Waals surface area contributed by atoms with Crippen LogP contribution in [0.3, 0.4) is 0 Å². The zero-order valence-corrected chi connectivity index (χ0v) is 11.2. The van der Waals surface area contributed by atoms with Gasteiger partial charge in [0.1, 0.15) is 0 Å². The Kier molecular flexibility index (Phi) is 4.37. The number of halogens is 1. The molecule has 3 nitrogen and oxygen atoms in total. The molecule has 1 aliphatic carbocycles. The van der Waals surface area contributed by atoms with E-state index in [4.69, 9.17) is 11.6 Å². The molecule has 1 fully saturated rings. The highest BCUT2D eigenvalue weighted by molar-refractivity contribution is 6.33. The van der Waals surface area contributed by atoms with Crippen molar-refractivity contribution < 1.29 is 4.79 Å². The fraction of sp³-hybridized carbons (Fsp3) is 0.429. The number of carbonyl (C=O) groups excluding carboxylic acids is 1. The summed E-state index contributed by atoms with van der Waals surface area (Å²) in [6.07, 6.45) is 4.42. The number of amides is 1. The Labute approximate surface area is 112 Å². The molecule has 1 saturated carbocycles. The zero-order valence-electron chi connectivity index (χ0n) is 10.4. The monoisotopic (exact) mass is 264 g/mol. The maximum absolute atomic E-state index is 11.9. The van der Waals surface area contributed by atoms with Crippen molar-refractivity contribution in [3.05, 3.63) is 34.9 Å². The molecule has 1 aliphatic rings. The van der Waals surface area contributed by atoms with E-state index in [1.165, 1.54) is 12.8 Å². The van der Waals surface area contributed by atoms with E-state index in [0.29, 0.717) is 16.5 Å². The van der Waals surface area contributed by atoms with Crippen molar-refractivity contribution >= 4 is 23.2 Å². The average Bonchev–Trinajstić information content (AvgIpc) is 2.84. The second kappa shape index (κ2) is 6.01. The summed E-state index contributed by atoms with van der Waals surface area (Å²) < 4.78 is 0. The van der Waals surface area contributed by atoms with E-state index in [9.17, 15) is 4.79 Å². The van der Waals surface area contributed by atoms with Crippen molar-refractivity contribution in [3.63, 3.8) is 0 Å². The van der Waals surface area contributed by atoms with E-state index >= 15 is 0 Å². The highest BCUT2D eigenvalue weighted by Gasteiger charge is 2.21. The predicted molar refractivity (Wildman–Crippen MR) is 74.0 cm³/mol. The van der Waals surface area contributed by atoms with Crippen LogP contribution in [-0.2, 0) is 0 Å². The molecule has 0 spiro atoms. The minimum absolute atomic E-state index is 0.241. The number of hydrogen-bond donors (Lipinski definition) is 1. The Morgan fingerprint density at radius 3 is 3.00 bits per heavy atom. The first-order chi connectivity index (χ1) is 8.72. The van der Waals surface area contributed by atoms with Crippen LogP contribution >= 0.6 is 11.6 Å². The van der Waals surface area contributed by atoms with Gasteiger partial charge >= 0.3 is 0 Å². The van der Waals surface area contributed by atoms with Crippen LogP contribution in [0.25, 0.3) is 0 Å². The van der Waals surface area contributed by atoms with E-state index < -0.39 is 0 Å². The van der Waals surface area contributed by atoms with E-state index in [1.54, 1.807) is 24.3 Å². The van der Waals surface area contributed by atoms with Crippen molar-refractivity contribution in [3.8, 4) is 0 Å². The van der Waals surface area contributed by atoms with E-state index in [-0.39, 0.29) is 5.91 Å². The minimum atomic E-state index is -0.241. The highest BCUT2D eigenvalue weighted by atomic mass is 35.5. The topological polar surface area (TPSA) is 41.5 Å². The molecule has 1 unspecified atom stereocenters. The van der Waals surface area contributed by atoms with Gasteiger partial charge < -0.3 is 0 Å². The fourth-order valence-corrected chi connectivity index (χ4v) is 2.54. The lowest BCUT2D eigenvalue weighted by Gasteiger charge is -2.08. The van der Waals surface area contributed by atoms with Gasteiger partial charge in [-0.05, 0) is 43.7 Å². The lowest BCUT2D eigenvalue weighted by Crippen LogP contribution is -2.21. The van der Waals surface area contributed by atoms with Crippen molar-refractivity contribution in [2.24, 2.45) is 11.0 Å². The lowest BCUT2D eigenvalue weighted by atomic mass is 10.0. The first kappa shape index (κ1) is 13.1. The van der Waals surface area contributed by atoms with Crippen molar-refractivity contribution in [1.29, 1.82) is 0 Å². The summed E-state index contributed by atoms with van der Waals surface area (Å²) in [6.45, 7) is 2.15. The molecule has 4 heteroatoms. The van der Waals surface area contributed by atoms with E-state index in [2.05, 4.69) is 17.5 Å². The Balaban J connectivity index is 2.04. The highest BCUT2D eigenvalue weighted by Crippen LogP contribution is 2.25. The smallest absolute Gasteiger partial charge is 0.267 e. The third-order valence-corrected chi connectivity index (χ3v) is 3.70. The summed E-state index contributed by atoms with van der Waals surface area (Å²) >= 11 is 5.96. The second-order valence-electron chi connectivity index (χ2n) is 4.52. The van der Waals surface area contributed by atoms with E-state index in [1.807, 2.05) is 0 Å². The van der Waals surface area contributed by atoms with Gasteiger partial charge in [0.15, 0.2) is 0 Å². The third kappa shape index (κ3) is 2.91. The zero-order chi connectivity index (χ0) is 13.0. The summed E-state index contributed by atoms with van der Waals surface area (Å²) in [6, 6.07) is 6.99. The first-order valence-electron chi connectivity index (χ1n) is 6.33. The Morgan fingerprint density at radius 1 is 1.50 bits per heavy atom. The van der Waals surface area contributed by atoms with Gasteiger partial charge in [-0.3, -0.25) is 4.79 Å². The predicted octanol–water partition coefficient (Wildman–Crippen LogP) is 3.64. The summed E-state index contributed by atoms with van der Waals surface area (Å²) in [5, 5.41) is 4.70. The van der Waals surface area contributed by atoms with Crippen LogP contribution in [0.1, 0.15) is 43.0 Å². The minimum Gasteiger partial charge on any atom is -0.267 e. The maximum atomic E-state index is 11.9. The Morgan fingerprint density at radius 2 is 2.28 bits per heavy atom. The molecule has 0 saturated heterocycles. The molecule has 0 radical (unpaired) electrons. The number of rotatable bonds is 3. The van der Waals surface area contributed by atoms with Crippen LogP contribution in [-0.4, -0.2) is 11.6 Å². The molecule has 1 N–H and O–H groups in total. The van der Waals surface area contributed by atoms with Gasteiger partial charge in [0.05, 0.1) is 10.6 Å². The SMILES string of the molecule is CCC1CCC/C1=N/NC(=O)c1ccccc1Cl. The quantitative estimate of drug-likeness (QED) is 0.832. The number of nitrogens with one attached hydrogen (secondary N) is 1. The van der Waals surface area contributed by atoms with Gasteiger partial charge in [-0.1, -0.05) is 30.7 Å². The molecular formula is C14H17ClN2O. The maximum Gasteiger partial charge on any atom is 0.272 e. The van der Waals surface area contributed by atoms with Crippen LogP contribution < -0.4 is 5.43 Å². The fourth-order valence-electron chi connectivity index (χ4n) is 2.32. The van der Waals surface area contributed by atoms with Crippen molar-refractivity contribution in [1.82, 2.24) is 5.43 Å². The third-order valence-electron chi connectivity index (χ3n) is 3.37. The lowest BCUT2D eigenvalue weighted by molar-refractivity contribution is 0.0954. The van der Waals surface area contributed by atoms with Crippen molar-refractivity contribution in [2.45, 2.75) is 32.6 Å². The van der Waals surface area contributed by atoms with Crippen LogP contribution in [0.5, 0.6) is 0 Å². The van der Waals surface area contributed by atoms with Crippen LogP contribution in [0.4, 0.5) is 0 Å². The summed E-state index contributed by atoms with van der Waals surface area (Å²) in [5.41, 5.74) is 4.19. The summed E-state index contributed by atoms with van der Waals surface area (Å²) in [5.74, 6) is 0.284. The summed E-state index contributed by atoms with van der Waals surface area (Å²) in [7, 11) is 0. The molecular weight excluding hydrogens is 248 g/mol. The average molecular weight is 265 g/mol. The summed E-state index contributed by atoms with van der Waals surface area (Å²) in [4.78, 5) is 11.9. The number of hydrogen-bond acceptors (Lipinski definition) is 2. The molecule has 0 aromatic heterocycles. The Hall–Kier alpha value is -1.35. The molecule has 0 heterocycles. The van der Waals surface area contributed by atoms with Gasteiger partial charge in [-0.15, -0.1) is 0 Å². The van der Waals surface area contributed by atoms with Gasteiger partial charge in [0.2, 0.25) is 0 Å². The van der Waals surface area contributed by atoms with Gasteiger partial charge in [0, 0.05) is 5.71 Å². The van der Waals surface area contributed by atoms with Crippen LogP contribution in [0, 0.1) is 5.92 Å². The number of nitrogens with zero attached hydrogens (tertiary/aromatic N) is 1. The molecule has 18 heavy (non-hydrogen) atoms. The number of carbonyl (C=O) groups is 1. The number of benzene rings is 1. The van der Waals surface area contributed by atoms with Crippen molar-refractivity contribution in [2.75, 3.05) is 0 Å². The van der Waals surface area contributed by atoms with Gasteiger partial charge in [-0.2, -0.15) is 5.10 Å². The largest absolute Gasteiger partial charge is 0.272 e. The standard InChI is InChI=1S/C14H17ClN2O/c1-2-10-6-5-9-13(10)16-17-14(18)11-7-3-4-8-12(11)15/h3-4,7-8,10H,2,5-6,9H2,1H3,(H,17,18)/b16-13-. The molecule has 0 bridgehead atoms. The molecule has 1 atom stereocenters. The molecule has 1 aromatic rings. The molecule has 1 amide bonds. The Bertz CT molecular complexity index is 471. The van der Waals surface area contributed by atoms with Crippen LogP contribution in [0.2, 0.25) is 5.02 Å². The molecule has 96 valence electrons. The first-order valence-corrected chi connectivity index (χ1v) is 6.71. The normalized spacial score (nSPS) is 21.2. The molecule has 2 rings (SSSR count). The second-order valence-corrected chi connectivity index (χ2v) is 4.93.